The van der Waals surface area contributed by atoms with Crippen molar-refractivity contribution in [3.63, 3.8) is 0 Å². The molecule has 0 rings (SSSR count). The quantitative estimate of drug-likeness (QED) is 0.126. The molecule has 10 heteroatoms. The van der Waals surface area contributed by atoms with Crippen molar-refractivity contribution in [3.05, 3.63) is 0 Å². The number of aliphatic carboxylic acids is 1. The van der Waals surface area contributed by atoms with Crippen LogP contribution < -0.4 is 21.7 Å². The molecule has 0 aliphatic rings. The number of aliphatic imine (C=N–C) groups is 2. The molecule has 20 heavy (non-hydrogen) atoms. The van der Waals surface area contributed by atoms with Gasteiger partial charge in [0.2, 0.25) is 11.9 Å². The van der Waals surface area contributed by atoms with Crippen molar-refractivity contribution in [2.24, 2.45) is 15.7 Å². The second-order valence-electron chi connectivity index (χ2n) is 3.43. The van der Waals surface area contributed by atoms with E-state index in [1.54, 1.807) is 0 Å². The summed E-state index contributed by atoms with van der Waals surface area (Å²) in [6.07, 6.45) is 2.51. The first-order valence-electron chi connectivity index (χ1n) is 5.86. The molecule has 0 radical (unpaired) electrons. The highest BCUT2D eigenvalue weighted by Gasteiger charge is 2.01. The molecule has 0 heterocycles. The molecule has 0 amide bonds. The largest absolute Gasteiger partial charge is 0.480 e. The van der Waals surface area contributed by atoms with Gasteiger partial charge in [-0.1, -0.05) is 0 Å². The fraction of sp³-hybridized carbons (Fsp3) is 0.500. The Labute approximate surface area is 116 Å². The van der Waals surface area contributed by atoms with Crippen LogP contribution >= 0.6 is 0 Å². The minimum absolute atomic E-state index is 0.0592. The van der Waals surface area contributed by atoms with E-state index in [9.17, 15) is 9.59 Å². The first-order valence-corrected chi connectivity index (χ1v) is 5.86. The van der Waals surface area contributed by atoms with Crippen molar-refractivity contribution in [1.82, 2.24) is 16.0 Å². The van der Waals surface area contributed by atoms with E-state index in [1.807, 2.05) is 0 Å². The zero-order chi connectivity index (χ0) is 15.2. The van der Waals surface area contributed by atoms with E-state index in [4.69, 9.17) is 16.2 Å². The minimum Gasteiger partial charge on any atom is -0.480 e. The number of aldehydes is 1. The third-order valence-corrected chi connectivity index (χ3v) is 1.77. The van der Waals surface area contributed by atoms with Crippen LogP contribution in [0.1, 0.15) is 6.42 Å². The monoisotopic (exact) mass is 285 g/mol. The topological polar surface area (TPSA) is 165 Å². The number of nitrogens with zero attached hydrogens (tertiary/aromatic N) is 2. The van der Waals surface area contributed by atoms with Gasteiger partial charge < -0.3 is 31.6 Å². The summed E-state index contributed by atoms with van der Waals surface area (Å²) in [4.78, 5) is 28.1. The second kappa shape index (κ2) is 11.6. The van der Waals surface area contributed by atoms with Gasteiger partial charge >= 0.3 is 5.97 Å². The number of hydrogen-bond donors (Lipinski definition) is 6. The summed E-state index contributed by atoms with van der Waals surface area (Å²) >= 11 is 0. The number of carbonyl (C=O) groups excluding carboxylic acids is 1. The maximum absolute atomic E-state index is 10.5. The maximum Gasteiger partial charge on any atom is 0.322 e. The second-order valence-corrected chi connectivity index (χ2v) is 3.43. The average molecular weight is 285 g/mol. The Bertz CT molecular complexity index is 381. The molecule has 10 nitrogen and oxygen atoms in total. The molecule has 0 bridgehead atoms. The summed E-state index contributed by atoms with van der Waals surface area (Å²) in [6, 6.07) is 0. The Balaban J connectivity index is 4.46. The summed E-state index contributed by atoms with van der Waals surface area (Å²) in [6.45, 7) is 0.655. The molecule has 0 fully saturated rings. The first kappa shape index (κ1) is 17.5. The van der Waals surface area contributed by atoms with Gasteiger partial charge in [-0.25, -0.2) is 4.99 Å². The van der Waals surface area contributed by atoms with Crippen molar-refractivity contribution >= 4 is 30.5 Å². The summed E-state index contributed by atoms with van der Waals surface area (Å²) in [5.74, 6) is -1.31. The number of nitrogens with one attached hydrogen (secondary N) is 4. The van der Waals surface area contributed by atoms with Gasteiger partial charge in [-0.05, 0) is 13.0 Å². The van der Waals surface area contributed by atoms with E-state index in [0.717, 1.165) is 0 Å². The molecule has 0 aromatic heterocycles. The number of hydrogen-bond acceptors (Lipinski definition) is 4. The van der Waals surface area contributed by atoms with Crippen LogP contribution in [0.4, 0.5) is 0 Å². The molecule has 0 aromatic rings. The van der Waals surface area contributed by atoms with Crippen LogP contribution in [0.3, 0.4) is 0 Å². The average Bonchev–Trinajstić information content (AvgIpc) is 2.40. The van der Waals surface area contributed by atoms with Crippen molar-refractivity contribution in [2.45, 2.75) is 6.42 Å². The highest BCUT2D eigenvalue weighted by molar-refractivity contribution is 5.97. The van der Waals surface area contributed by atoms with Gasteiger partial charge in [0, 0.05) is 6.54 Å². The Morgan fingerprint density at radius 2 is 2.15 bits per heavy atom. The van der Waals surface area contributed by atoms with Crippen molar-refractivity contribution in [1.29, 1.82) is 5.41 Å². The van der Waals surface area contributed by atoms with E-state index in [1.165, 1.54) is 6.34 Å². The molecule has 0 aromatic carbocycles. The van der Waals surface area contributed by atoms with Crippen molar-refractivity contribution in [2.75, 3.05) is 26.2 Å². The van der Waals surface area contributed by atoms with E-state index in [2.05, 4.69) is 25.9 Å². The number of guanidine groups is 2. The molecule has 0 saturated heterocycles. The third-order valence-electron chi connectivity index (χ3n) is 1.77. The molecule has 0 atom stereocenters. The maximum atomic E-state index is 10.5. The zero-order valence-electron chi connectivity index (χ0n) is 10.9. The predicted octanol–water partition coefficient (Wildman–Crippen LogP) is -2.29. The van der Waals surface area contributed by atoms with Crippen LogP contribution in [0.5, 0.6) is 0 Å². The standard InChI is InChI=1S/C10H19N7O3/c11-2-1-3-14-9(12)17-10(15-6-8(19)20)16-7-13-4-5-18/h5,7H,1-4,6,11H2,(H,19,20)(H4,12,13,14,15,16,17). The van der Waals surface area contributed by atoms with E-state index < -0.39 is 5.97 Å². The van der Waals surface area contributed by atoms with Crippen LogP contribution in [0, 0.1) is 5.41 Å². The Morgan fingerprint density at radius 1 is 1.40 bits per heavy atom. The number of carbonyl (C=O) groups is 2. The summed E-state index contributed by atoms with van der Waals surface area (Å²) in [5, 5.41) is 23.7. The highest BCUT2D eigenvalue weighted by Crippen LogP contribution is 1.80. The Hall–Kier alpha value is -2.49. The van der Waals surface area contributed by atoms with Crippen LogP contribution in [0.15, 0.2) is 9.98 Å². The smallest absolute Gasteiger partial charge is 0.322 e. The lowest BCUT2D eigenvalue weighted by Gasteiger charge is -2.05. The third kappa shape index (κ3) is 10.7. The van der Waals surface area contributed by atoms with Gasteiger partial charge in [0.25, 0.3) is 0 Å². The van der Waals surface area contributed by atoms with Gasteiger partial charge in [0.15, 0.2) is 0 Å². The van der Waals surface area contributed by atoms with E-state index in [0.29, 0.717) is 25.8 Å². The number of carboxylic acids is 1. The predicted molar refractivity (Wildman–Crippen MR) is 75.0 cm³/mol. The lowest BCUT2D eigenvalue weighted by atomic mass is 10.4. The van der Waals surface area contributed by atoms with Crippen LogP contribution in [0.2, 0.25) is 0 Å². The van der Waals surface area contributed by atoms with Crippen LogP contribution in [0.25, 0.3) is 0 Å². The number of nitrogens with two attached hydrogens (primary N) is 1. The lowest BCUT2D eigenvalue weighted by Crippen LogP contribution is -2.32. The van der Waals surface area contributed by atoms with Gasteiger partial charge in [0.05, 0.1) is 12.9 Å². The Morgan fingerprint density at radius 3 is 2.75 bits per heavy atom. The normalized spacial score (nSPS) is 11.2. The molecule has 0 saturated carbocycles. The van der Waals surface area contributed by atoms with Crippen molar-refractivity contribution in [3.8, 4) is 0 Å². The van der Waals surface area contributed by atoms with Crippen LogP contribution in [-0.4, -0.2) is 61.8 Å². The summed E-state index contributed by atoms with van der Waals surface area (Å²) in [5.41, 5.74) is 5.31. The zero-order valence-corrected chi connectivity index (χ0v) is 10.9. The number of rotatable bonds is 8. The molecular weight excluding hydrogens is 266 g/mol. The molecule has 112 valence electrons. The molecule has 0 spiro atoms. The molecule has 0 aliphatic heterocycles. The minimum atomic E-state index is -1.09. The van der Waals surface area contributed by atoms with E-state index >= 15 is 0 Å². The fourth-order valence-corrected chi connectivity index (χ4v) is 0.931. The molecular formula is C10H19N7O3. The van der Waals surface area contributed by atoms with Crippen LogP contribution in [-0.2, 0) is 9.59 Å². The molecule has 0 unspecified atom stereocenters. The van der Waals surface area contributed by atoms with Gasteiger partial charge in [0.1, 0.15) is 12.8 Å². The highest BCUT2D eigenvalue weighted by atomic mass is 16.4. The van der Waals surface area contributed by atoms with Gasteiger partial charge in [-0.15, -0.1) is 0 Å². The van der Waals surface area contributed by atoms with E-state index in [-0.39, 0.29) is 25.0 Å². The first-order chi connectivity index (χ1) is 9.60. The number of carboxylic acid groups (broad SMARTS) is 1. The SMILES string of the molecule is N=C(/N=C(\N=C\NCC=O)NCC(=O)O)NCCCN. The van der Waals surface area contributed by atoms with Crippen molar-refractivity contribution < 1.29 is 14.7 Å². The molecule has 0 aliphatic carbocycles. The summed E-state index contributed by atoms with van der Waals surface area (Å²) < 4.78 is 0. The van der Waals surface area contributed by atoms with Gasteiger partial charge in [-0.2, -0.15) is 4.99 Å². The molecule has 7 N–H and O–H groups in total. The Kier molecular flexibility index (Phi) is 10.1. The summed E-state index contributed by atoms with van der Waals surface area (Å²) in [7, 11) is 0. The lowest BCUT2D eigenvalue weighted by molar-refractivity contribution is -0.135. The fourth-order valence-electron chi connectivity index (χ4n) is 0.931. The van der Waals surface area contributed by atoms with Gasteiger partial charge in [-0.3, -0.25) is 10.2 Å².